The van der Waals surface area contributed by atoms with Crippen molar-refractivity contribution in [2.75, 3.05) is 18.0 Å². The monoisotopic (exact) mass is 266 g/mol. The summed E-state index contributed by atoms with van der Waals surface area (Å²) in [6, 6.07) is -0.289. The van der Waals surface area contributed by atoms with E-state index in [1.165, 1.54) is 0 Å². The van der Waals surface area contributed by atoms with Crippen LogP contribution in [0.3, 0.4) is 0 Å². The van der Waals surface area contributed by atoms with E-state index in [1.807, 2.05) is 11.8 Å². The molecular weight excluding hydrogens is 256 g/mol. The lowest BCUT2D eigenvalue weighted by atomic mass is 10.2. The highest BCUT2D eigenvalue weighted by atomic mass is 35.5. The van der Waals surface area contributed by atoms with Crippen molar-refractivity contribution in [1.82, 2.24) is 25.5 Å². The van der Waals surface area contributed by atoms with Gasteiger partial charge in [-0.2, -0.15) is 15.1 Å². The first-order valence-corrected chi connectivity index (χ1v) is 5.95. The van der Waals surface area contributed by atoms with Gasteiger partial charge in [-0.1, -0.05) is 0 Å². The predicted molar refractivity (Wildman–Crippen MR) is 66.5 cm³/mol. The second-order valence-electron chi connectivity index (χ2n) is 4.11. The number of nitrogens with zero attached hydrogens (tertiary/aromatic N) is 4. The Hall–Kier alpha value is -1.89. The van der Waals surface area contributed by atoms with Gasteiger partial charge in [0.1, 0.15) is 11.9 Å². The smallest absolute Gasteiger partial charge is 0.242 e. The van der Waals surface area contributed by atoms with Gasteiger partial charge in [0.25, 0.3) is 0 Å². The number of piperazine rings is 1. The summed E-state index contributed by atoms with van der Waals surface area (Å²) in [6.45, 7) is 3.10. The molecule has 94 valence electrons. The highest BCUT2D eigenvalue weighted by Gasteiger charge is 2.28. The maximum Gasteiger partial charge on any atom is 0.242 e. The van der Waals surface area contributed by atoms with Crippen LogP contribution >= 0.6 is 11.6 Å². The predicted octanol–water partition coefficient (Wildman–Crippen LogP) is 0.331. The molecule has 8 heteroatoms. The van der Waals surface area contributed by atoms with Gasteiger partial charge in [-0.25, -0.2) is 0 Å². The van der Waals surface area contributed by atoms with Gasteiger partial charge in [0, 0.05) is 13.1 Å². The third-order valence-corrected chi connectivity index (χ3v) is 3.20. The van der Waals surface area contributed by atoms with E-state index in [0.29, 0.717) is 24.6 Å². The zero-order valence-electron chi connectivity index (χ0n) is 9.64. The zero-order valence-corrected chi connectivity index (χ0v) is 10.4. The molecule has 0 spiro atoms. The van der Waals surface area contributed by atoms with Gasteiger partial charge in [-0.15, -0.1) is 0 Å². The second kappa shape index (κ2) is 4.09. The largest absolute Gasteiger partial charge is 0.353 e. The Labute approximate surface area is 108 Å². The molecule has 1 unspecified atom stereocenters. The van der Waals surface area contributed by atoms with Crippen LogP contribution < -0.4 is 10.2 Å². The topological polar surface area (TPSA) is 86.8 Å². The fraction of sp³-hybridized carbons (Fsp3) is 0.400. The van der Waals surface area contributed by atoms with Gasteiger partial charge in [0.15, 0.2) is 5.65 Å². The van der Waals surface area contributed by atoms with E-state index >= 15 is 0 Å². The number of hydrogen-bond acceptors (Lipinski definition) is 5. The molecular formula is C10H11ClN6O. The highest BCUT2D eigenvalue weighted by molar-refractivity contribution is 6.28. The third kappa shape index (κ3) is 1.67. The van der Waals surface area contributed by atoms with E-state index in [-0.39, 0.29) is 17.2 Å². The minimum absolute atomic E-state index is 0.0207. The fourth-order valence-electron chi connectivity index (χ4n) is 2.08. The number of anilines is 1. The SMILES string of the molecule is CC1C(=O)NCCN1c1nc(Cl)nc2[nH]ncc12. The Morgan fingerprint density at radius 3 is 3.17 bits per heavy atom. The molecule has 0 saturated carbocycles. The summed E-state index contributed by atoms with van der Waals surface area (Å²) in [5.74, 6) is 0.619. The maximum absolute atomic E-state index is 11.7. The van der Waals surface area contributed by atoms with Crippen molar-refractivity contribution >= 4 is 34.4 Å². The van der Waals surface area contributed by atoms with Gasteiger partial charge in [0.05, 0.1) is 11.6 Å². The quantitative estimate of drug-likeness (QED) is 0.727. The second-order valence-corrected chi connectivity index (χ2v) is 4.45. The molecule has 0 bridgehead atoms. The Kier molecular flexibility index (Phi) is 2.55. The van der Waals surface area contributed by atoms with E-state index in [1.54, 1.807) is 6.20 Å². The first-order valence-electron chi connectivity index (χ1n) is 5.58. The van der Waals surface area contributed by atoms with Crippen LogP contribution in [-0.2, 0) is 4.79 Å². The van der Waals surface area contributed by atoms with Gasteiger partial charge in [-0.05, 0) is 18.5 Å². The Morgan fingerprint density at radius 1 is 1.50 bits per heavy atom. The number of halogens is 1. The molecule has 7 nitrogen and oxygen atoms in total. The number of nitrogens with one attached hydrogen (secondary N) is 2. The van der Waals surface area contributed by atoms with Crippen LogP contribution in [0.5, 0.6) is 0 Å². The molecule has 1 aliphatic heterocycles. The molecule has 1 atom stereocenters. The number of amides is 1. The Bertz CT molecular complexity index is 611. The number of aromatic amines is 1. The molecule has 2 aromatic heterocycles. The summed E-state index contributed by atoms with van der Waals surface area (Å²) in [4.78, 5) is 21.9. The lowest BCUT2D eigenvalue weighted by molar-refractivity contribution is -0.122. The van der Waals surface area contributed by atoms with Crippen molar-refractivity contribution in [3.05, 3.63) is 11.5 Å². The number of fused-ring (bicyclic) bond motifs is 1. The minimum Gasteiger partial charge on any atom is -0.353 e. The van der Waals surface area contributed by atoms with Crippen LogP contribution in [0.15, 0.2) is 6.20 Å². The van der Waals surface area contributed by atoms with Crippen LogP contribution in [-0.4, -0.2) is 45.2 Å². The normalized spacial score (nSPS) is 20.2. The number of hydrogen-bond donors (Lipinski definition) is 2. The first-order chi connectivity index (χ1) is 8.66. The molecule has 2 aromatic rings. The number of rotatable bonds is 1. The fourth-order valence-corrected chi connectivity index (χ4v) is 2.25. The molecule has 1 amide bonds. The summed E-state index contributed by atoms with van der Waals surface area (Å²) in [5, 5.41) is 10.4. The van der Waals surface area contributed by atoms with E-state index in [4.69, 9.17) is 11.6 Å². The van der Waals surface area contributed by atoms with Gasteiger partial charge in [0.2, 0.25) is 11.2 Å². The first kappa shape index (κ1) is 11.2. The summed E-state index contributed by atoms with van der Waals surface area (Å²) < 4.78 is 0. The van der Waals surface area contributed by atoms with E-state index in [9.17, 15) is 4.79 Å². The van der Waals surface area contributed by atoms with Crippen LogP contribution in [0.25, 0.3) is 11.0 Å². The average molecular weight is 267 g/mol. The summed E-state index contributed by atoms with van der Waals surface area (Å²) >= 11 is 5.89. The van der Waals surface area contributed by atoms with E-state index < -0.39 is 0 Å². The summed E-state index contributed by atoms with van der Waals surface area (Å²) in [5.41, 5.74) is 0.572. The van der Waals surface area contributed by atoms with Crippen molar-refractivity contribution < 1.29 is 4.79 Å². The number of carbonyl (C=O) groups excluding carboxylic acids is 1. The molecule has 1 fully saturated rings. The summed E-state index contributed by atoms with van der Waals surface area (Å²) in [7, 11) is 0. The molecule has 18 heavy (non-hydrogen) atoms. The van der Waals surface area contributed by atoms with Crippen LogP contribution in [0.1, 0.15) is 6.92 Å². The van der Waals surface area contributed by atoms with Crippen molar-refractivity contribution in [3.8, 4) is 0 Å². The molecule has 2 N–H and O–H groups in total. The number of H-pyrrole nitrogens is 1. The van der Waals surface area contributed by atoms with E-state index in [2.05, 4.69) is 25.5 Å². The maximum atomic E-state index is 11.7. The lowest BCUT2D eigenvalue weighted by Crippen LogP contribution is -2.54. The Balaban J connectivity index is 2.12. The molecule has 3 heterocycles. The molecule has 1 saturated heterocycles. The van der Waals surface area contributed by atoms with Crippen LogP contribution in [0, 0.1) is 0 Å². The van der Waals surface area contributed by atoms with Gasteiger partial charge in [-0.3, -0.25) is 9.89 Å². The van der Waals surface area contributed by atoms with Crippen molar-refractivity contribution in [2.24, 2.45) is 0 Å². The molecule has 0 aliphatic carbocycles. The molecule has 1 aliphatic rings. The lowest BCUT2D eigenvalue weighted by Gasteiger charge is -2.33. The van der Waals surface area contributed by atoms with E-state index in [0.717, 1.165) is 5.39 Å². The minimum atomic E-state index is -0.289. The number of carbonyl (C=O) groups is 1. The van der Waals surface area contributed by atoms with Crippen LogP contribution in [0.2, 0.25) is 5.28 Å². The van der Waals surface area contributed by atoms with Gasteiger partial charge >= 0.3 is 0 Å². The summed E-state index contributed by atoms with van der Waals surface area (Å²) in [6.07, 6.45) is 1.64. The highest BCUT2D eigenvalue weighted by Crippen LogP contribution is 2.26. The van der Waals surface area contributed by atoms with Crippen LogP contribution in [0.4, 0.5) is 5.82 Å². The number of aromatic nitrogens is 4. The standard InChI is InChI=1S/C10H11ClN6O/c1-5-9(18)12-2-3-17(5)8-6-4-13-16-7(6)14-10(11)15-8/h4-5H,2-3H2,1H3,(H,12,18)(H,13,14,15,16). The van der Waals surface area contributed by atoms with Crippen molar-refractivity contribution in [2.45, 2.75) is 13.0 Å². The molecule has 0 aromatic carbocycles. The van der Waals surface area contributed by atoms with Gasteiger partial charge < -0.3 is 10.2 Å². The average Bonchev–Trinajstić information content (AvgIpc) is 2.79. The van der Waals surface area contributed by atoms with Crippen molar-refractivity contribution in [1.29, 1.82) is 0 Å². The van der Waals surface area contributed by atoms with Crippen molar-refractivity contribution in [3.63, 3.8) is 0 Å². The third-order valence-electron chi connectivity index (χ3n) is 3.03. The Morgan fingerprint density at radius 2 is 2.33 bits per heavy atom. The molecule has 0 radical (unpaired) electrons. The zero-order chi connectivity index (χ0) is 12.7. The molecule has 3 rings (SSSR count).